The molecule has 0 spiro atoms. The van der Waals surface area contributed by atoms with Gasteiger partial charge < -0.3 is 10.5 Å². The van der Waals surface area contributed by atoms with Gasteiger partial charge in [0.15, 0.2) is 0 Å². The van der Waals surface area contributed by atoms with E-state index in [0.717, 1.165) is 17.6 Å². The second kappa shape index (κ2) is 6.44. The van der Waals surface area contributed by atoms with Gasteiger partial charge in [-0.25, -0.2) is 0 Å². The fourth-order valence-electron chi connectivity index (χ4n) is 3.68. The maximum atomic E-state index is 6.34. The van der Waals surface area contributed by atoms with Crippen LogP contribution in [0.5, 0.6) is 0 Å². The van der Waals surface area contributed by atoms with Gasteiger partial charge in [0.05, 0.1) is 18.8 Å². The summed E-state index contributed by atoms with van der Waals surface area (Å²) in [5.41, 5.74) is 6.34. The zero-order valence-corrected chi connectivity index (χ0v) is 14.3. The van der Waals surface area contributed by atoms with Gasteiger partial charge >= 0.3 is 0 Å². The summed E-state index contributed by atoms with van der Waals surface area (Å²) in [5.74, 6) is 0. The zero-order chi connectivity index (χ0) is 14.1. The Morgan fingerprint density at radius 1 is 1.45 bits per heavy atom. The Kier molecular flexibility index (Phi) is 4.82. The Morgan fingerprint density at radius 2 is 2.25 bits per heavy atom. The van der Waals surface area contributed by atoms with Crippen molar-refractivity contribution in [2.45, 2.75) is 56.8 Å². The quantitative estimate of drug-likeness (QED) is 0.897. The highest BCUT2D eigenvalue weighted by molar-refractivity contribution is 9.10. The van der Waals surface area contributed by atoms with Crippen molar-refractivity contribution in [3.8, 4) is 0 Å². The Labute approximate surface area is 133 Å². The number of hydrogen-bond donors (Lipinski definition) is 1. The van der Waals surface area contributed by atoms with Crippen LogP contribution >= 0.6 is 27.3 Å². The van der Waals surface area contributed by atoms with Crippen LogP contribution in [0.15, 0.2) is 15.9 Å². The molecule has 3 rings (SSSR count). The van der Waals surface area contributed by atoms with E-state index in [-0.39, 0.29) is 6.04 Å². The first-order valence-electron chi connectivity index (χ1n) is 7.53. The molecule has 1 saturated carbocycles. The van der Waals surface area contributed by atoms with Crippen LogP contribution in [0.3, 0.4) is 0 Å². The standard InChI is InChI=1S/C15H23BrN2OS/c1-10(17)15(14-8-11(16)9-20-14)18-6-7-19-13-5-3-2-4-12(13)18/h8-10,12-13,15H,2-7,17H2,1H3. The van der Waals surface area contributed by atoms with Crippen LogP contribution in [0.2, 0.25) is 0 Å². The molecule has 2 heterocycles. The number of ether oxygens (including phenoxy) is 1. The third kappa shape index (κ3) is 2.97. The van der Waals surface area contributed by atoms with Gasteiger partial charge in [-0.2, -0.15) is 0 Å². The predicted octanol–water partition coefficient (Wildman–Crippen LogP) is 3.54. The van der Waals surface area contributed by atoms with Crippen LogP contribution in [-0.4, -0.2) is 36.2 Å². The number of fused-ring (bicyclic) bond motifs is 1. The summed E-state index contributed by atoms with van der Waals surface area (Å²) >= 11 is 5.38. The molecule has 1 aliphatic carbocycles. The zero-order valence-electron chi connectivity index (χ0n) is 11.9. The van der Waals surface area contributed by atoms with E-state index < -0.39 is 0 Å². The SMILES string of the molecule is CC(N)C(c1cc(Br)cs1)N1CCOC2CCCCC21. The molecule has 2 aliphatic rings. The van der Waals surface area contributed by atoms with Gasteiger partial charge in [0.1, 0.15) is 0 Å². The molecule has 1 aromatic heterocycles. The van der Waals surface area contributed by atoms with Crippen LogP contribution in [0.25, 0.3) is 0 Å². The molecule has 2 N–H and O–H groups in total. The van der Waals surface area contributed by atoms with E-state index in [4.69, 9.17) is 10.5 Å². The van der Waals surface area contributed by atoms with Gasteiger partial charge in [0, 0.05) is 33.4 Å². The topological polar surface area (TPSA) is 38.5 Å². The molecule has 1 saturated heterocycles. The minimum Gasteiger partial charge on any atom is -0.375 e. The van der Waals surface area contributed by atoms with Gasteiger partial charge in [-0.1, -0.05) is 12.8 Å². The number of hydrogen-bond acceptors (Lipinski definition) is 4. The Hall–Kier alpha value is 0.0600. The number of nitrogens with two attached hydrogens (primary N) is 1. The van der Waals surface area contributed by atoms with E-state index in [9.17, 15) is 0 Å². The van der Waals surface area contributed by atoms with E-state index in [2.05, 4.69) is 39.2 Å². The van der Waals surface area contributed by atoms with Crippen LogP contribution < -0.4 is 5.73 Å². The number of thiophene rings is 1. The lowest BCUT2D eigenvalue weighted by Gasteiger charge is -2.48. The van der Waals surface area contributed by atoms with E-state index in [1.165, 1.54) is 30.6 Å². The molecule has 4 atom stereocenters. The first-order valence-corrected chi connectivity index (χ1v) is 9.21. The number of rotatable bonds is 3. The molecule has 0 aromatic carbocycles. The van der Waals surface area contributed by atoms with E-state index in [1.54, 1.807) is 0 Å². The highest BCUT2D eigenvalue weighted by atomic mass is 79.9. The monoisotopic (exact) mass is 358 g/mol. The van der Waals surface area contributed by atoms with Gasteiger partial charge in [-0.3, -0.25) is 4.90 Å². The number of halogens is 1. The summed E-state index contributed by atoms with van der Waals surface area (Å²) < 4.78 is 7.16. The minimum atomic E-state index is 0.140. The smallest absolute Gasteiger partial charge is 0.0731 e. The molecule has 4 unspecified atom stereocenters. The van der Waals surface area contributed by atoms with Gasteiger partial charge in [0.2, 0.25) is 0 Å². The average Bonchev–Trinajstić information content (AvgIpc) is 2.85. The first kappa shape index (κ1) is 15.0. The van der Waals surface area contributed by atoms with Crippen molar-refractivity contribution in [1.82, 2.24) is 4.90 Å². The fourth-order valence-corrected chi connectivity index (χ4v) is 5.36. The Balaban J connectivity index is 1.86. The van der Waals surface area contributed by atoms with Crippen LogP contribution in [-0.2, 0) is 4.74 Å². The molecule has 0 radical (unpaired) electrons. The average molecular weight is 359 g/mol. The van der Waals surface area contributed by atoms with Crippen LogP contribution in [0, 0.1) is 0 Å². The molecule has 2 fully saturated rings. The molecule has 112 valence electrons. The summed E-state index contributed by atoms with van der Waals surface area (Å²) in [5, 5.41) is 2.16. The molecule has 5 heteroatoms. The van der Waals surface area contributed by atoms with Gasteiger partial charge in [-0.05, 0) is 41.8 Å². The van der Waals surface area contributed by atoms with E-state index in [0.29, 0.717) is 18.2 Å². The number of nitrogens with zero attached hydrogens (tertiary/aromatic N) is 1. The lowest BCUT2D eigenvalue weighted by atomic mass is 9.88. The maximum Gasteiger partial charge on any atom is 0.0731 e. The molecule has 1 aromatic rings. The molecule has 0 amide bonds. The normalized spacial score (nSPS) is 30.8. The van der Waals surface area contributed by atoms with Gasteiger partial charge in [0.25, 0.3) is 0 Å². The summed E-state index contributed by atoms with van der Waals surface area (Å²) in [6, 6.07) is 3.24. The molecule has 20 heavy (non-hydrogen) atoms. The summed E-state index contributed by atoms with van der Waals surface area (Å²) in [4.78, 5) is 3.99. The summed E-state index contributed by atoms with van der Waals surface area (Å²) in [7, 11) is 0. The first-order chi connectivity index (χ1) is 9.66. The second-order valence-electron chi connectivity index (χ2n) is 5.97. The van der Waals surface area contributed by atoms with Gasteiger partial charge in [-0.15, -0.1) is 11.3 Å². The van der Waals surface area contributed by atoms with Crippen LogP contribution in [0.1, 0.15) is 43.5 Å². The predicted molar refractivity (Wildman–Crippen MR) is 87.1 cm³/mol. The molecule has 3 nitrogen and oxygen atoms in total. The highest BCUT2D eigenvalue weighted by Crippen LogP contribution is 2.38. The molecule has 1 aliphatic heterocycles. The van der Waals surface area contributed by atoms with Crippen LogP contribution in [0.4, 0.5) is 0 Å². The maximum absolute atomic E-state index is 6.34. The van der Waals surface area contributed by atoms with Crippen molar-refractivity contribution in [2.24, 2.45) is 5.73 Å². The molecular weight excluding hydrogens is 336 g/mol. The third-order valence-electron chi connectivity index (χ3n) is 4.51. The second-order valence-corrected chi connectivity index (χ2v) is 7.83. The lowest BCUT2D eigenvalue weighted by molar-refractivity contribution is -0.105. The largest absolute Gasteiger partial charge is 0.375 e. The third-order valence-corrected chi connectivity index (χ3v) is 6.27. The van der Waals surface area contributed by atoms with Crippen molar-refractivity contribution in [1.29, 1.82) is 0 Å². The fraction of sp³-hybridized carbons (Fsp3) is 0.733. The van der Waals surface area contributed by atoms with Crippen molar-refractivity contribution in [3.05, 3.63) is 20.8 Å². The Bertz CT molecular complexity index is 449. The summed E-state index contributed by atoms with van der Waals surface area (Å²) in [6.07, 6.45) is 5.51. The van der Waals surface area contributed by atoms with Crippen molar-refractivity contribution < 1.29 is 4.74 Å². The Morgan fingerprint density at radius 3 is 2.95 bits per heavy atom. The van der Waals surface area contributed by atoms with Crippen molar-refractivity contribution in [3.63, 3.8) is 0 Å². The van der Waals surface area contributed by atoms with E-state index in [1.807, 2.05) is 11.3 Å². The lowest BCUT2D eigenvalue weighted by Crippen LogP contribution is -2.56. The summed E-state index contributed by atoms with van der Waals surface area (Å²) in [6.45, 7) is 3.98. The number of morpholine rings is 1. The van der Waals surface area contributed by atoms with E-state index >= 15 is 0 Å². The molecular formula is C15H23BrN2OS. The van der Waals surface area contributed by atoms with Crippen molar-refractivity contribution in [2.75, 3.05) is 13.2 Å². The minimum absolute atomic E-state index is 0.140. The van der Waals surface area contributed by atoms with Crippen molar-refractivity contribution >= 4 is 27.3 Å². The highest BCUT2D eigenvalue weighted by Gasteiger charge is 2.39. The molecule has 0 bridgehead atoms.